The average molecular weight is 285 g/mol. The fourth-order valence-corrected chi connectivity index (χ4v) is 2.14. The topological polar surface area (TPSA) is 71.5 Å². The Balaban J connectivity index is 2.53. The Bertz CT molecular complexity index is 430. The number of esters is 1. The zero-order valence-electron chi connectivity index (χ0n) is 11.4. The van der Waals surface area contributed by atoms with Crippen molar-refractivity contribution in [2.45, 2.75) is 20.8 Å². The molecule has 1 aromatic rings. The molecule has 1 amide bonds. The number of likely N-dealkylation sites (N-methyl/N-ethyl adjacent to an activating group) is 1. The molecule has 0 aliphatic carbocycles. The second kappa shape index (κ2) is 7.85. The number of ether oxygens (including phenoxy) is 1. The summed E-state index contributed by atoms with van der Waals surface area (Å²) in [7, 11) is 0. The van der Waals surface area contributed by atoms with Gasteiger partial charge in [-0.2, -0.15) is 0 Å². The number of carbonyl (C=O) groups is 2. The summed E-state index contributed by atoms with van der Waals surface area (Å²) in [6.07, 6.45) is 0. The molecule has 1 rings (SSSR count). The Labute approximate surface area is 116 Å². The largest absolute Gasteiger partial charge is 0.461 e. The number of amides is 1. The van der Waals surface area contributed by atoms with Gasteiger partial charge in [-0.15, -0.1) is 11.3 Å². The van der Waals surface area contributed by atoms with E-state index in [0.717, 1.165) is 13.1 Å². The van der Waals surface area contributed by atoms with Gasteiger partial charge in [-0.1, -0.05) is 13.8 Å². The molecule has 0 radical (unpaired) electrons. The number of hydrogen-bond donors (Lipinski definition) is 1. The van der Waals surface area contributed by atoms with E-state index in [-0.39, 0.29) is 11.6 Å². The van der Waals surface area contributed by atoms with Gasteiger partial charge in [0.2, 0.25) is 5.91 Å². The summed E-state index contributed by atoms with van der Waals surface area (Å²) >= 11 is 1.21. The minimum atomic E-state index is -0.469. The fourth-order valence-electron chi connectivity index (χ4n) is 1.44. The van der Waals surface area contributed by atoms with Crippen LogP contribution in [0.1, 0.15) is 31.3 Å². The Morgan fingerprint density at radius 1 is 1.37 bits per heavy atom. The van der Waals surface area contributed by atoms with Crippen LogP contribution in [0.4, 0.5) is 5.13 Å². The zero-order valence-corrected chi connectivity index (χ0v) is 12.2. The summed E-state index contributed by atoms with van der Waals surface area (Å²) in [4.78, 5) is 29.2. The van der Waals surface area contributed by atoms with Crippen LogP contribution in [0.5, 0.6) is 0 Å². The van der Waals surface area contributed by atoms with Crippen molar-refractivity contribution in [3.63, 3.8) is 0 Å². The number of nitrogens with zero attached hydrogens (tertiary/aromatic N) is 2. The summed E-state index contributed by atoms with van der Waals surface area (Å²) in [5.74, 6) is -0.601. The molecule has 0 fully saturated rings. The molecule has 1 heterocycles. The lowest BCUT2D eigenvalue weighted by atomic mass is 10.4. The predicted molar refractivity (Wildman–Crippen MR) is 74.5 cm³/mol. The minimum Gasteiger partial charge on any atom is -0.461 e. The normalized spacial score (nSPS) is 10.5. The Morgan fingerprint density at radius 3 is 2.63 bits per heavy atom. The van der Waals surface area contributed by atoms with E-state index in [4.69, 9.17) is 4.74 Å². The van der Waals surface area contributed by atoms with Crippen molar-refractivity contribution in [3.05, 3.63) is 11.1 Å². The molecule has 1 N–H and O–H groups in total. The van der Waals surface area contributed by atoms with Gasteiger partial charge < -0.3 is 10.1 Å². The van der Waals surface area contributed by atoms with Gasteiger partial charge in [-0.25, -0.2) is 9.78 Å². The van der Waals surface area contributed by atoms with Gasteiger partial charge in [-0.05, 0) is 20.0 Å². The average Bonchev–Trinajstić information content (AvgIpc) is 2.84. The van der Waals surface area contributed by atoms with Crippen molar-refractivity contribution >= 4 is 28.3 Å². The molecule has 0 atom stereocenters. The van der Waals surface area contributed by atoms with E-state index in [1.54, 1.807) is 12.3 Å². The quantitative estimate of drug-likeness (QED) is 0.770. The van der Waals surface area contributed by atoms with Gasteiger partial charge in [0.25, 0.3) is 0 Å². The first kappa shape index (κ1) is 15.6. The number of hydrogen-bond acceptors (Lipinski definition) is 6. The highest BCUT2D eigenvalue weighted by atomic mass is 32.1. The molecule has 0 aliphatic rings. The van der Waals surface area contributed by atoms with Crippen LogP contribution in [-0.2, 0) is 9.53 Å². The molecule has 0 aromatic carbocycles. The maximum absolute atomic E-state index is 11.7. The SMILES string of the molecule is CCOC(=O)c1csc(NC(=O)CN(CC)CC)n1. The van der Waals surface area contributed by atoms with E-state index in [1.165, 1.54) is 11.3 Å². The van der Waals surface area contributed by atoms with Gasteiger partial charge >= 0.3 is 5.97 Å². The summed E-state index contributed by atoms with van der Waals surface area (Å²) in [6.45, 7) is 7.99. The number of carbonyl (C=O) groups excluding carboxylic acids is 2. The predicted octanol–water partition coefficient (Wildman–Crippen LogP) is 1.60. The first-order valence-corrected chi connectivity index (χ1v) is 7.13. The number of rotatable bonds is 7. The lowest BCUT2D eigenvalue weighted by Gasteiger charge is -2.16. The molecule has 0 unspecified atom stereocenters. The van der Waals surface area contributed by atoms with Gasteiger partial charge in [0, 0.05) is 5.38 Å². The van der Waals surface area contributed by atoms with Crippen LogP contribution in [0, 0.1) is 0 Å². The smallest absolute Gasteiger partial charge is 0.357 e. The molecule has 0 saturated heterocycles. The summed E-state index contributed by atoms with van der Waals surface area (Å²) in [5, 5.41) is 4.67. The fraction of sp³-hybridized carbons (Fsp3) is 0.583. The maximum Gasteiger partial charge on any atom is 0.357 e. The summed E-state index contributed by atoms with van der Waals surface area (Å²) in [5.41, 5.74) is 0.227. The zero-order chi connectivity index (χ0) is 14.3. The molecular weight excluding hydrogens is 266 g/mol. The van der Waals surface area contributed by atoms with E-state index >= 15 is 0 Å². The van der Waals surface area contributed by atoms with Crippen molar-refractivity contribution in [1.82, 2.24) is 9.88 Å². The number of thiazole rings is 1. The van der Waals surface area contributed by atoms with Crippen LogP contribution in [0.15, 0.2) is 5.38 Å². The molecule has 0 spiro atoms. The van der Waals surface area contributed by atoms with E-state index in [2.05, 4.69) is 10.3 Å². The number of aromatic nitrogens is 1. The molecule has 1 aromatic heterocycles. The van der Waals surface area contributed by atoms with Gasteiger partial charge in [0.15, 0.2) is 10.8 Å². The van der Waals surface area contributed by atoms with Crippen molar-refractivity contribution in [1.29, 1.82) is 0 Å². The molecule has 19 heavy (non-hydrogen) atoms. The van der Waals surface area contributed by atoms with E-state index in [1.807, 2.05) is 18.7 Å². The summed E-state index contributed by atoms with van der Waals surface area (Å²) < 4.78 is 4.83. The van der Waals surface area contributed by atoms with Crippen LogP contribution in [0.3, 0.4) is 0 Å². The molecule has 106 valence electrons. The Kier molecular flexibility index (Phi) is 6.44. The molecule has 0 bridgehead atoms. The molecule has 7 heteroatoms. The van der Waals surface area contributed by atoms with Crippen LogP contribution >= 0.6 is 11.3 Å². The highest BCUT2D eigenvalue weighted by Crippen LogP contribution is 2.16. The lowest BCUT2D eigenvalue weighted by Crippen LogP contribution is -2.32. The highest BCUT2D eigenvalue weighted by Gasteiger charge is 2.14. The van der Waals surface area contributed by atoms with E-state index in [9.17, 15) is 9.59 Å². The third-order valence-corrected chi connectivity index (χ3v) is 3.25. The standard InChI is InChI=1S/C12H19N3O3S/c1-4-15(5-2)7-10(16)14-12-13-9(8-19-12)11(17)18-6-3/h8H,4-7H2,1-3H3,(H,13,14,16). The molecular formula is C12H19N3O3S. The molecule has 0 saturated carbocycles. The van der Waals surface area contributed by atoms with Crippen LogP contribution < -0.4 is 5.32 Å². The van der Waals surface area contributed by atoms with Crippen LogP contribution in [0.25, 0.3) is 0 Å². The third-order valence-electron chi connectivity index (χ3n) is 2.50. The number of anilines is 1. The molecule has 0 aliphatic heterocycles. The van der Waals surface area contributed by atoms with Gasteiger partial charge in [-0.3, -0.25) is 9.69 Å². The van der Waals surface area contributed by atoms with Crippen molar-refractivity contribution in [2.75, 3.05) is 31.6 Å². The third kappa shape index (κ3) is 4.96. The Hall–Kier alpha value is -1.47. The first-order valence-electron chi connectivity index (χ1n) is 6.25. The van der Waals surface area contributed by atoms with Crippen molar-refractivity contribution in [2.24, 2.45) is 0 Å². The van der Waals surface area contributed by atoms with Crippen molar-refractivity contribution < 1.29 is 14.3 Å². The van der Waals surface area contributed by atoms with Crippen LogP contribution in [-0.4, -0.2) is 48.0 Å². The monoisotopic (exact) mass is 285 g/mol. The highest BCUT2D eigenvalue weighted by molar-refractivity contribution is 7.14. The maximum atomic E-state index is 11.7. The second-order valence-electron chi connectivity index (χ2n) is 3.77. The first-order chi connectivity index (χ1) is 9.10. The lowest BCUT2D eigenvalue weighted by molar-refractivity contribution is -0.117. The van der Waals surface area contributed by atoms with Gasteiger partial charge in [0.05, 0.1) is 13.2 Å². The minimum absolute atomic E-state index is 0.131. The van der Waals surface area contributed by atoms with E-state index < -0.39 is 5.97 Å². The summed E-state index contributed by atoms with van der Waals surface area (Å²) in [6, 6.07) is 0. The van der Waals surface area contributed by atoms with Crippen LogP contribution in [0.2, 0.25) is 0 Å². The number of nitrogens with one attached hydrogen (secondary N) is 1. The molecule has 6 nitrogen and oxygen atoms in total. The van der Waals surface area contributed by atoms with Crippen molar-refractivity contribution in [3.8, 4) is 0 Å². The van der Waals surface area contributed by atoms with E-state index in [0.29, 0.717) is 18.3 Å². The van der Waals surface area contributed by atoms with Gasteiger partial charge in [0.1, 0.15) is 0 Å². The Morgan fingerprint density at radius 2 is 2.05 bits per heavy atom. The second-order valence-corrected chi connectivity index (χ2v) is 4.63.